The number of nitrogens with zero attached hydrogens (tertiary/aromatic N) is 1. The van der Waals surface area contributed by atoms with Gasteiger partial charge in [0.05, 0.1) is 0 Å². The Bertz CT molecular complexity index is 405. The molecular formula is C16H25ClN2. The molecule has 0 bridgehead atoms. The Balaban J connectivity index is 2.01. The molecule has 0 spiro atoms. The number of piperidine rings is 1. The zero-order chi connectivity index (χ0) is 13.8. The van der Waals surface area contributed by atoms with Crippen LogP contribution in [0.1, 0.15) is 31.7 Å². The number of nitrogens with one attached hydrogen (secondary N) is 1. The van der Waals surface area contributed by atoms with Crippen LogP contribution in [0.4, 0.5) is 0 Å². The lowest BCUT2D eigenvalue weighted by molar-refractivity contribution is 0.202. The van der Waals surface area contributed by atoms with Crippen LogP contribution in [0, 0.1) is 5.92 Å². The third-order valence-electron chi connectivity index (χ3n) is 3.77. The van der Waals surface area contributed by atoms with E-state index in [1.165, 1.54) is 12.0 Å². The highest BCUT2D eigenvalue weighted by atomic mass is 35.5. The standard InChI is InChI=1S/C16H25ClN2/c1-12(2)9-18-16-8-14(10-19(3)11-16)13-5-4-6-15(17)7-13/h4-7,12,14,16,18H,8-11H2,1-3H3. The number of halogens is 1. The number of rotatable bonds is 4. The fourth-order valence-corrected chi connectivity index (χ4v) is 3.07. The van der Waals surface area contributed by atoms with Crippen LogP contribution in [0.3, 0.4) is 0 Å². The molecule has 2 nitrogen and oxygen atoms in total. The van der Waals surface area contributed by atoms with Crippen molar-refractivity contribution < 1.29 is 0 Å². The maximum absolute atomic E-state index is 6.11. The molecule has 1 aliphatic heterocycles. The smallest absolute Gasteiger partial charge is 0.0408 e. The molecule has 2 unspecified atom stereocenters. The maximum atomic E-state index is 6.11. The minimum Gasteiger partial charge on any atom is -0.312 e. The zero-order valence-electron chi connectivity index (χ0n) is 12.2. The van der Waals surface area contributed by atoms with E-state index >= 15 is 0 Å². The predicted molar refractivity (Wildman–Crippen MR) is 82.9 cm³/mol. The molecule has 1 aromatic carbocycles. The van der Waals surface area contributed by atoms with E-state index in [-0.39, 0.29) is 0 Å². The molecule has 3 heteroatoms. The quantitative estimate of drug-likeness (QED) is 0.910. The van der Waals surface area contributed by atoms with Gasteiger partial charge in [-0.2, -0.15) is 0 Å². The third-order valence-corrected chi connectivity index (χ3v) is 4.00. The van der Waals surface area contributed by atoms with Gasteiger partial charge in [0.25, 0.3) is 0 Å². The van der Waals surface area contributed by atoms with Crippen molar-refractivity contribution in [2.75, 3.05) is 26.7 Å². The van der Waals surface area contributed by atoms with Crippen molar-refractivity contribution >= 4 is 11.6 Å². The second kappa shape index (κ2) is 6.74. The molecule has 19 heavy (non-hydrogen) atoms. The van der Waals surface area contributed by atoms with Gasteiger partial charge in [-0.3, -0.25) is 0 Å². The number of likely N-dealkylation sites (tertiary alicyclic amines) is 1. The Labute approximate surface area is 122 Å². The second-order valence-corrected chi connectivity index (χ2v) is 6.64. The largest absolute Gasteiger partial charge is 0.312 e. The number of hydrogen-bond donors (Lipinski definition) is 1. The zero-order valence-corrected chi connectivity index (χ0v) is 13.0. The number of likely N-dealkylation sites (N-methyl/N-ethyl adjacent to an activating group) is 1. The van der Waals surface area contributed by atoms with Gasteiger partial charge < -0.3 is 10.2 Å². The molecule has 0 amide bonds. The summed E-state index contributed by atoms with van der Waals surface area (Å²) < 4.78 is 0. The number of hydrogen-bond acceptors (Lipinski definition) is 2. The Morgan fingerprint density at radius 3 is 2.84 bits per heavy atom. The summed E-state index contributed by atoms with van der Waals surface area (Å²) in [5.74, 6) is 1.29. The van der Waals surface area contributed by atoms with E-state index < -0.39 is 0 Å². The van der Waals surface area contributed by atoms with E-state index in [4.69, 9.17) is 11.6 Å². The Morgan fingerprint density at radius 2 is 2.16 bits per heavy atom. The summed E-state index contributed by atoms with van der Waals surface area (Å²) in [6, 6.07) is 8.92. The van der Waals surface area contributed by atoms with Crippen molar-refractivity contribution in [3.63, 3.8) is 0 Å². The topological polar surface area (TPSA) is 15.3 Å². The van der Waals surface area contributed by atoms with E-state index in [9.17, 15) is 0 Å². The van der Waals surface area contributed by atoms with Crippen LogP contribution in [-0.2, 0) is 0 Å². The van der Waals surface area contributed by atoms with Gasteiger partial charge in [0.15, 0.2) is 0 Å². The van der Waals surface area contributed by atoms with E-state index in [1.54, 1.807) is 0 Å². The fraction of sp³-hybridized carbons (Fsp3) is 0.625. The van der Waals surface area contributed by atoms with Gasteiger partial charge in [-0.1, -0.05) is 37.6 Å². The van der Waals surface area contributed by atoms with Crippen LogP contribution in [-0.4, -0.2) is 37.6 Å². The summed E-state index contributed by atoms with van der Waals surface area (Å²) in [5.41, 5.74) is 1.37. The Morgan fingerprint density at radius 1 is 1.37 bits per heavy atom. The molecule has 106 valence electrons. The van der Waals surface area contributed by atoms with Crippen LogP contribution in [0.5, 0.6) is 0 Å². The SMILES string of the molecule is CC(C)CNC1CC(c2cccc(Cl)c2)CN(C)C1. The summed E-state index contributed by atoms with van der Waals surface area (Å²) in [5, 5.41) is 4.54. The van der Waals surface area contributed by atoms with Gasteiger partial charge in [0.2, 0.25) is 0 Å². The van der Waals surface area contributed by atoms with Crippen LogP contribution in [0.25, 0.3) is 0 Å². The van der Waals surface area contributed by atoms with Gasteiger partial charge in [-0.25, -0.2) is 0 Å². The van der Waals surface area contributed by atoms with Gasteiger partial charge in [-0.15, -0.1) is 0 Å². The maximum Gasteiger partial charge on any atom is 0.0408 e. The van der Waals surface area contributed by atoms with E-state index in [0.717, 1.165) is 24.7 Å². The van der Waals surface area contributed by atoms with Gasteiger partial charge in [-0.05, 0) is 49.5 Å². The van der Waals surface area contributed by atoms with Crippen molar-refractivity contribution in [3.8, 4) is 0 Å². The fourth-order valence-electron chi connectivity index (χ4n) is 2.87. The average Bonchev–Trinajstić information content (AvgIpc) is 2.36. The Kier molecular flexibility index (Phi) is 5.26. The van der Waals surface area contributed by atoms with E-state index in [2.05, 4.69) is 49.3 Å². The van der Waals surface area contributed by atoms with Crippen molar-refractivity contribution in [2.24, 2.45) is 5.92 Å². The molecule has 2 rings (SSSR count). The minimum atomic E-state index is 0.585. The molecule has 0 saturated carbocycles. The highest BCUT2D eigenvalue weighted by Gasteiger charge is 2.26. The first kappa shape index (κ1) is 14.8. The molecule has 1 saturated heterocycles. The molecule has 1 aliphatic rings. The molecule has 0 radical (unpaired) electrons. The predicted octanol–water partition coefficient (Wildman–Crippen LogP) is 3.37. The third kappa shape index (κ3) is 4.48. The first-order valence-corrected chi connectivity index (χ1v) is 7.59. The summed E-state index contributed by atoms with van der Waals surface area (Å²) in [7, 11) is 2.21. The van der Waals surface area contributed by atoms with Crippen LogP contribution >= 0.6 is 11.6 Å². The summed E-state index contributed by atoms with van der Waals surface area (Å²) in [6.45, 7) is 7.88. The monoisotopic (exact) mass is 280 g/mol. The second-order valence-electron chi connectivity index (χ2n) is 6.21. The number of benzene rings is 1. The molecule has 1 heterocycles. The van der Waals surface area contributed by atoms with Gasteiger partial charge in [0, 0.05) is 24.2 Å². The first-order chi connectivity index (χ1) is 9.04. The van der Waals surface area contributed by atoms with Crippen molar-refractivity contribution in [2.45, 2.75) is 32.2 Å². The lowest BCUT2D eigenvalue weighted by Crippen LogP contribution is -2.47. The van der Waals surface area contributed by atoms with Crippen molar-refractivity contribution in [3.05, 3.63) is 34.9 Å². The molecule has 1 aromatic rings. The lowest BCUT2D eigenvalue weighted by atomic mass is 9.88. The van der Waals surface area contributed by atoms with E-state index in [0.29, 0.717) is 17.9 Å². The highest BCUT2D eigenvalue weighted by molar-refractivity contribution is 6.30. The molecule has 0 aliphatic carbocycles. The highest BCUT2D eigenvalue weighted by Crippen LogP contribution is 2.28. The first-order valence-electron chi connectivity index (χ1n) is 7.22. The molecule has 0 aromatic heterocycles. The summed E-state index contributed by atoms with van der Waals surface area (Å²) >= 11 is 6.11. The van der Waals surface area contributed by atoms with Crippen LogP contribution in [0.2, 0.25) is 5.02 Å². The summed E-state index contributed by atoms with van der Waals surface area (Å²) in [4.78, 5) is 2.42. The van der Waals surface area contributed by atoms with Gasteiger partial charge >= 0.3 is 0 Å². The lowest BCUT2D eigenvalue weighted by Gasteiger charge is -2.36. The van der Waals surface area contributed by atoms with Crippen molar-refractivity contribution in [1.82, 2.24) is 10.2 Å². The Hall–Kier alpha value is -0.570. The van der Waals surface area contributed by atoms with E-state index in [1.807, 2.05) is 6.07 Å². The van der Waals surface area contributed by atoms with Crippen molar-refractivity contribution in [1.29, 1.82) is 0 Å². The van der Waals surface area contributed by atoms with Gasteiger partial charge in [0.1, 0.15) is 0 Å². The molecule has 1 N–H and O–H groups in total. The molecule has 2 atom stereocenters. The molecular weight excluding hydrogens is 256 g/mol. The molecule has 1 fully saturated rings. The average molecular weight is 281 g/mol. The normalized spacial score (nSPS) is 24.9. The minimum absolute atomic E-state index is 0.585. The van der Waals surface area contributed by atoms with Crippen LogP contribution < -0.4 is 5.32 Å². The van der Waals surface area contributed by atoms with Crippen LogP contribution in [0.15, 0.2) is 24.3 Å². The summed E-state index contributed by atoms with van der Waals surface area (Å²) in [6.07, 6.45) is 1.21.